The molecule has 0 saturated carbocycles. The lowest BCUT2D eigenvalue weighted by Gasteiger charge is -2.48. The van der Waals surface area contributed by atoms with E-state index in [-0.39, 0.29) is 10.8 Å². The minimum Gasteiger partial charge on any atom is -0.326 e. The van der Waals surface area contributed by atoms with Crippen LogP contribution in [-0.4, -0.2) is 0 Å². The van der Waals surface area contributed by atoms with Gasteiger partial charge in [-0.2, -0.15) is 0 Å². The summed E-state index contributed by atoms with van der Waals surface area (Å²) in [5.41, 5.74) is 12.9. The van der Waals surface area contributed by atoms with E-state index in [2.05, 4.69) is 94.4 Å². The molecule has 0 bridgehead atoms. The lowest BCUT2D eigenvalue weighted by Crippen LogP contribution is -2.43. The van der Waals surface area contributed by atoms with E-state index in [0.717, 1.165) is 0 Å². The van der Waals surface area contributed by atoms with Crippen LogP contribution >= 0.6 is 0 Å². The maximum Gasteiger partial charge on any atom is 0.0178 e. The fourth-order valence-corrected chi connectivity index (χ4v) is 5.04. The second kappa shape index (κ2) is 5.68. The predicted molar refractivity (Wildman–Crippen MR) is 121 cm³/mol. The Labute approximate surface area is 167 Å². The first-order valence-corrected chi connectivity index (χ1v) is 10.1. The minimum atomic E-state index is 0.0186. The van der Waals surface area contributed by atoms with Crippen LogP contribution in [0.15, 0.2) is 66.7 Å². The van der Waals surface area contributed by atoms with Crippen LogP contribution in [0.1, 0.15) is 44.4 Å². The minimum absolute atomic E-state index is 0.0186. The molecule has 4 aromatic rings. The summed E-state index contributed by atoms with van der Waals surface area (Å²) in [4.78, 5) is 0. The second-order valence-electron chi connectivity index (χ2n) is 9.21. The van der Waals surface area contributed by atoms with Crippen LogP contribution < -0.4 is 5.73 Å². The zero-order chi connectivity index (χ0) is 19.7. The van der Waals surface area contributed by atoms with Crippen molar-refractivity contribution in [1.82, 2.24) is 0 Å². The van der Waals surface area contributed by atoms with Crippen molar-refractivity contribution < 1.29 is 0 Å². The van der Waals surface area contributed by atoms with Crippen molar-refractivity contribution in [1.29, 1.82) is 0 Å². The van der Waals surface area contributed by atoms with Gasteiger partial charge >= 0.3 is 0 Å². The highest BCUT2D eigenvalue weighted by Crippen LogP contribution is 2.56. The van der Waals surface area contributed by atoms with Gasteiger partial charge in [0.1, 0.15) is 0 Å². The zero-order valence-electron chi connectivity index (χ0n) is 17.1. The molecular weight excluding hydrogens is 338 g/mol. The van der Waals surface area contributed by atoms with E-state index in [9.17, 15) is 0 Å². The molecule has 0 atom stereocenters. The van der Waals surface area contributed by atoms with Crippen LogP contribution in [0.5, 0.6) is 0 Å². The molecule has 1 nitrogen and oxygen atoms in total. The van der Waals surface area contributed by atoms with Gasteiger partial charge in [-0.15, -0.1) is 0 Å². The van der Waals surface area contributed by atoms with Crippen LogP contribution in [0.4, 0.5) is 0 Å². The van der Waals surface area contributed by atoms with Crippen LogP contribution in [0, 0.1) is 0 Å². The summed E-state index contributed by atoms with van der Waals surface area (Å²) in [5, 5.41) is 5.30. The van der Waals surface area contributed by atoms with E-state index in [4.69, 9.17) is 5.73 Å². The molecule has 28 heavy (non-hydrogen) atoms. The lowest BCUT2D eigenvalue weighted by molar-refractivity contribution is 0.299. The molecule has 1 aliphatic rings. The highest BCUT2D eigenvalue weighted by atomic mass is 14.5. The van der Waals surface area contributed by atoms with Crippen molar-refractivity contribution in [3.8, 4) is 11.1 Å². The molecule has 2 N–H and O–H groups in total. The van der Waals surface area contributed by atoms with Gasteiger partial charge < -0.3 is 5.73 Å². The van der Waals surface area contributed by atoms with Crippen LogP contribution in [-0.2, 0) is 17.4 Å². The van der Waals surface area contributed by atoms with Gasteiger partial charge in [-0.25, -0.2) is 0 Å². The topological polar surface area (TPSA) is 26.0 Å². The number of fused-ring (bicyclic) bond motifs is 7. The average molecular weight is 366 g/mol. The first-order chi connectivity index (χ1) is 13.4. The molecule has 5 rings (SSSR count). The number of hydrogen-bond donors (Lipinski definition) is 1. The Morgan fingerprint density at radius 2 is 1.36 bits per heavy atom. The van der Waals surface area contributed by atoms with Gasteiger partial charge in [0.25, 0.3) is 0 Å². The quantitative estimate of drug-likeness (QED) is 0.374. The summed E-state index contributed by atoms with van der Waals surface area (Å²) in [6, 6.07) is 24.7. The first-order valence-electron chi connectivity index (χ1n) is 10.1. The van der Waals surface area contributed by atoms with Crippen LogP contribution in [0.3, 0.4) is 0 Å². The van der Waals surface area contributed by atoms with Gasteiger partial charge in [0.05, 0.1) is 0 Å². The molecule has 140 valence electrons. The van der Waals surface area contributed by atoms with Gasteiger partial charge in [-0.1, -0.05) is 88.4 Å². The SMILES string of the molecule is CC1(C)c2ccc(CN)cc2-c2c(ccc3ccc4ccccc4c23)C1(C)C. The van der Waals surface area contributed by atoms with Gasteiger partial charge in [0.2, 0.25) is 0 Å². The molecule has 0 aliphatic heterocycles. The Morgan fingerprint density at radius 1 is 0.714 bits per heavy atom. The third kappa shape index (κ3) is 2.11. The highest BCUT2D eigenvalue weighted by Gasteiger charge is 2.46. The van der Waals surface area contributed by atoms with E-state index in [1.54, 1.807) is 0 Å². The molecule has 0 saturated heterocycles. The normalized spacial score (nSPS) is 16.8. The molecular formula is C27H27N. The van der Waals surface area contributed by atoms with Gasteiger partial charge in [0.15, 0.2) is 0 Å². The summed E-state index contributed by atoms with van der Waals surface area (Å²) in [7, 11) is 0. The van der Waals surface area contributed by atoms with Crippen LogP contribution in [0.2, 0.25) is 0 Å². The molecule has 0 amide bonds. The molecule has 4 aromatic carbocycles. The Kier molecular flexibility index (Phi) is 3.54. The Morgan fingerprint density at radius 3 is 2.14 bits per heavy atom. The van der Waals surface area contributed by atoms with Crippen molar-refractivity contribution in [2.75, 3.05) is 0 Å². The Bertz CT molecular complexity index is 1240. The average Bonchev–Trinajstić information content (AvgIpc) is 2.71. The summed E-state index contributed by atoms with van der Waals surface area (Å²) < 4.78 is 0. The van der Waals surface area contributed by atoms with Gasteiger partial charge in [-0.3, -0.25) is 0 Å². The third-order valence-corrected chi connectivity index (χ3v) is 7.41. The van der Waals surface area contributed by atoms with Crippen LogP contribution in [0.25, 0.3) is 32.7 Å². The molecule has 0 radical (unpaired) electrons. The van der Waals surface area contributed by atoms with E-state index in [1.165, 1.54) is 49.4 Å². The molecule has 0 unspecified atom stereocenters. The monoisotopic (exact) mass is 365 g/mol. The van der Waals surface area contributed by atoms with E-state index < -0.39 is 0 Å². The number of rotatable bonds is 1. The van der Waals surface area contributed by atoms with Gasteiger partial charge in [0, 0.05) is 6.54 Å². The maximum absolute atomic E-state index is 6.03. The molecule has 1 aliphatic carbocycles. The molecule has 0 aromatic heterocycles. The largest absolute Gasteiger partial charge is 0.326 e. The summed E-state index contributed by atoms with van der Waals surface area (Å²) in [5.74, 6) is 0. The Hall–Kier alpha value is -2.64. The Balaban J connectivity index is 2.04. The predicted octanol–water partition coefficient (Wildman–Crippen LogP) is 6.69. The molecule has 0 fully saturated rings. The smallest absolute Gasteiger partial charge is 0.0178 e. The summed E-state index contributed by atoms with van der Waals surface area (Å²) in [6.07, 6.45) is 0. The molecule has 1 heteroatoms. The molecule has 0 spiro atoms. The molecule has 0 heterocycles. The number of benzene rings is 4. The number of hydrogen-bond acceptors (Lipinski definition) is 1. The summed E-state index contributed by atoms with van der Waals surface area (Å²) in [6.45, 7) is 10.1. The maximum atomic E-state index is 6.03. The van der Waals surface area contributed by atoms with Crippen molar-refractivity contribution in [3.05, 3.63) is 83.4 Å². The number of nitrogens with two attached hydrogens (primary N) is 1. The fraction of sp³-hybridized carbons (Fsp3) is 0.259. The summed E-state index contributed by atoms with van der Waals surface area (Å²) >= 11 is 0. The van der Waals surface area contributed by atoms with Crippen molar-refractivity contribution in [2.45, 2.75) is 45.1 Å². The fourth-order valence-electron chi connectivity index (χ4n) is 5.04. The lowest BCUT2D eigenvalue weighted by atomic mass is 9.55. The first kappa shape index (κ1) is 17.5. The van der Waals surface area contributed by atoms with E-state index in [0.29, 0.717) is 6.54 Å². The van der Waals surface area contributed by atoms with Crippen molar-refractivity contribution >= 4 is 21.5 Å². The third-order valence-electron chi connectivity index (χ3n) is 7.41. The van der Waals surface area contributed by atoms with Crippen molar-refractivity contribution in [3.63, 3.8) is 0 Å². The van der Waals surface area contributed by atoms with E-state index in [1.807, 2.05) is 0 Å². The zero-order valence-corrected chi connectivity index (χ0v) is 17.1. The van der Waals surface area contributed by atoms with Crippen molar-refractivity contribution in [2.24, 2.45) is 5.73 Å². The standard InChI is InChI=1S/C27H27N/c1-26(2)22-13-9-17(16-28)15-21(22)25-23(27(26,3)4)14-12-19-11-10-18-7-5-6-8-20(18)24(19)25/h5-15H,16,28H2,1-4H3. The highest BCUT2D eigenvalue weighted by molar-refractivity contribution is 6.15. The van der Waals surface area contributed by atoms with E-state index >= 15 is 0 Å². The van der Waals surface area contributed by atoms with Gasteiger partial charge in [-0.05, 0) is 66.3 Å². The second-order valence-corrected chi connectivity index (χ2v) is 9.21.